The van der Waals surface area contributed by atoms with Gasteiger partial charge in [0.05, 0.1) is 6.42 Å². The number of amides is 1. The van der Waals surface area contributed by atoms with Gasteiger partial charge in [0.1, 0.15) is 0 Å². The summed E-state index contributed by atoms with van der Waals surface area (Å²) in [4.78, 5) is 24.9. The van der Waals surface area contributed by atoms with Crippen LogP contribution in [-0.4, -0.2) is 42.3 Å². The topological polar surface area (TPSA) is 69.6 Å². The van der Waals surface area contributed by atoms with Crippen LogP contribution in [0.15, 0.2) is 24.3 Å². The van der Waals surface area contributed by atoms with Gasteiger partial charge in [0.25, 0.3) is 5.91 Å². The molecule has 2 N–H and O–H groups in total. The van der Waals surface area contributed by atoms with Gasteiger partial charge in [0.2, 0.25) is 0 Å². The van der Waals surface area contributed by atoms with Gasteiger partial charge in [-0.05, 0) is 30.2 Å². The van der Waals surface area contributed by atoms with Crippen molar-refractivity contribution < 1.29 is 19.1 Å². The van der Waals surface area contributed by atoms with E-state index in [-0.39, 0.29) is 24.7 Å². The average Bonchev–Trinajstić information content (AvgIpc) is 2.79. The monoisotopic (exact) mass is 320 g/mol. The lowest BCUT2D eigenvalue weighted by Gasteiger charge is -2.29. The van der Waals surface area contributed by atoms with Gasteiger partial charge in [-0.15, -0.1) is 0 Å². The minimum atomic E-state index is -1.77. The maximum absolute atomic E-state index is 15.0. The van der Waals surface area contributed by atoms with Gasteiger partial charge in [0, 0.05) is 31.1 Å². The van der Waals surface area contributed by atoms with Gasteiger partial charge in [-0.25, -0.2) is 4.39 Å². The molecule has 1 amide bonds. The summed E-state index contributed by atoms with van der Waals surface area (Å²) in [5, 5.41) is 12.1. The fraction of sp³-hybridized carbons (Fsp3) is 0.529. The predicted molar refractivity (Wildman–Crippen MR) is 84.3 cm³/mol. The second kappa shape index (κ2) is 5.92. The van der Waals surface area contributed by atoms with Crippen LogP contribution in [0.25, 0.3) is 0 Å². The molecule has 5 nitrogen and oxygen atoms in total. The number of hydrogen-bond donors (Lipinski definition) is 2. The number of benzene rings is 1. The number of piperidine rings is 1. The molecule has 0 aliphatic carbocycles. The molecule has 3 unspecified atom stereocenters. The highest BCUT2D eigenvalue weighted by Gasteiger charge is 2.56. The molecule has 23 heavy (non-hydrogen) atoms. The number of halogens is 1. The molecule has 3 atom stereocenters. The quantitative estimate of drug-likeness (QED) is 0.889. The van der Waals surface area contributed by atoms with Crippen LogP contribution in [0.1, 0.15) is 31.2 Å². The first-order valence-electron chi connectivity index (χ1n) is 7.95. The van der Waals surface area contributed by atoms with Crippen LogP contribution in [0, 0.1) is 5.92 Å². The summed E-state index contributed by atoms with van der Waals surface area (Å²) in [6, 6.07) is 7.22. The number of carboxylic acid groups (broad SMARTS) is 1. The number of nitrogens with one attached hydrogen (secondary N) is 1. The molecule has 3 rings (SSSR count). The van der Waals surface area contributed by atoms with E-state index in [4.69, 9.17) is 5.11 Å². The zero-order valence-corrected chi connectivity index (χ0v) is 13.1. The minimum Gasteiger partial charge on any atom is -0.481 e. The van der Waals surface area contributed by atoms with Crippen LogP contribution in [0.3, 0.4) is 0 Å². The van der Waals surface area contributed by atoms with Crippen LogP contribution in [0.5, 0.6) is 0 Å². The van der Waals surface area contributed by atoms with Crippen molar-refractivity contribution in [1.29, 1.82) is 0 Å². The number of carbonyl (C=O) groups is 2. The Bertz CT molecular complexity index is 636. The average molecular weight is 320 g/mol. The fourth-order valence-electron chi connectivity index (χ4n) is 3.53. The third-order valence-electron chi connectivity index (χ3n) is 4.94. The van der Waals surface area contributed by atoms with Gasteiger partial charge in [-0.3, -0.25) is 9.59 Å². The van der Waals surface area contributed by atoms with Crippen LogP contribution in [-0.2, 0) is 9.59 Å². The largest absolute Gasteiger partial charge is 0.481 e. The highest BCUT2D eigenvalue weighted by molar-refractivity contribution is 6.02. The SMILES string of the molecule is CC(CC(=O)O)c1cccc(N2CC3CNCCC3(F)C2=O)c1. The third-order valence-corrected chi connectivity index (χ3v) is 4.94. The van der Waals surface area contributed by atoms with Crippen molar-refractivity contribution in [2.24, 2.45) is 5.92 Å². The Labute approximate surface area is 134 Å². The van der Waals surface area contributed by atoms with E-state index < -0.39 is 17.5 Å². The first-order valence-corrected chi connectivity index (χ1v) is 7.95. The summed E-state index contributed by atoms with van der Waals surface area (Å²) < 4.78 is 15.0. The zero-order chi connectivity index (χ0) is 16.6. The molecule has 0 bridgehead atoms. The molecular weight excluding hydrogens is 299 g/mol. The van der Waals surface area contributed by atoms with Crippen molar-refractivity contribution in [2.45, 2.75) is 31.4 Å². The van der Waals surface area contributed by atoms with E-state index in [2.05, 4.69) is 5.32 Å². The van der Waals surface area contributed by atoms with E-state index in [0.717, 1.165) is 5.56 Å². The second-order valence-electron chi connectivity index (χ2n) is 6.52. The summed E-state index contributed by atoms with van der Waals surface area (Å²) in [6.45, 7) is 3.22. The maximum Gasteiger partial charge on any atom is 0.303 e. The van der Waals surface area contributed by atoms with Crippen LogP contribution < -0.4 is 10.2 Å². The summed E-state index contributed by atoms with van der Waals surface area (Å²) in [7, 11) is 0. The van der Waals surface area contributed by atoms with Gasteiger partial charge < -0.3 is 15.3 Å². The Hall–Kier alpha value is -1.95. The van der Waals surface area contributed by atoms with E-state index in [1.54, 1.807) is 18.2 Å². The second-order valence-corrected chi connectivity index (χ2v) is 6.52. The molecule has 2 saturated heterocycles. The molecule has 2 fully saturated rings. The Kier molecular flexibility index (Phi) is 4.10. The fourth-order valence-corrected chi connectivity index (χ4v) is 3.53. The number of aliphatic carboxylic acids is 1. The van der Waals surface area contributed by atoms with Gasteiger partial charge in [-0.2, -0.15) is 0 Å². The summed E-state index contributed by atoms with van der Waals surface area (Å²) in [5.74, 6) is -1.82. The number of carbonyl (C=O) groups excluding carboxylic acids is 1. The number of anilines is 1. The summed E-state index contributed by atoms with van der Waals surface area (Å²) >= 11 is 0. The van der Waals surface area contributed by atoms with Crippen molar-refractivity contribution in [3.8, 4) is 0 Å². The standard InChI is InChI=1S/C17H21FN2O3/c1-11(7-15(21)22)12-3-2-4-14(8-12)20-10-13-9-19-6-5-17(13,18)16(20)23/h2-4,8,11,13,19H,5-7,9-10H2,1H3,(H,21,22). The van der Waals surface area contributed by atoms with Crippen molar-refractivity contribution >= 4 is 17.6 Å². The van der Waals surface area contributed by atoms with Gasteiger partial charge >= 0.3 is 5.97 Å². The van der Waals surface area contributed by atoms with Gasteiger partial charge in [-0.1, -0.05) is 19.1 Å². The number of rotatable bonds is 4. The van der Waals surface area contributed by atoms with E-state index in [0.29, 0.717) is 25.3 Å². The smallest absolute Gasteiger partial charge is 0.303 e. The molecule has 2 aliphatic rings. The molecule has 1 aromatic rings. The molecule has 6 heteroatoms. The van der Waals surface area contributed by atoms with E-state index in [1.807, 2.05) is 13.0 Å². The molecule has 0 radical (unpaired) electrons. The minimum absolute atomic E-state index is 0.0248. The lowest BCUT2D eigenvalue weighted by atomic mass is 9.86. The lowest BCUT2D eigenvalue weighted by Crippen LogP contribution is -2.49. The van der Waals surface area contributed by atoms with Crippen LogP contribution >= 0.6 is 0 Å². The number of fused-ring (bicyclic) bond motifs is 1. The van der Waals surface area contributed by atoms with Crippen molar-refractivity contribution in [2.75, 3.05) is 24.5 Å². The molecule has 124 valence electrons. The molecule has 2 aliphatic heterocycles. The Morgan fingerprint density at radius 1 is 1.57 bits per heavy atom. The summed E-state index contributed by atoms with van der Waals surface area (Å²) in [5.41, 5.74) is -0.275. The molecule has 0 spiro atoms. The lowest BCUT2D eigenvalue weighted by molar-refractivity contribution is -0.137. The predicted octanol–water partition coefficient (Wildman–Crippen LogP) is 1.93. The Morgan fingerprint density at radius 2 is 2.35 bits per heavy atom. The normalized spacial score (nSPS) is 28.5. The van der Waals surface area contributed by atoms with Crippen molar-refractivity contribution in [1.82, 2.24) is 5.32 Å². The van der Waals surface area contributed by atoms with E-state index >= 15 is 4.39 Å². The molecule has 1 aromatic carbocycles. The van der Waals surface area contributed by atoms with Gasteiger partial charge in [0.15, 0.2) is 5.67 Å². The molecule has 2 heterocycles. The van der Waals surface area contributed by atoms with Crippen LogP contribution in [0.2, 0.25) is 0 Å². The maximum atomic E-state index is 15.0. The number of nitrogens with zero attached hydrogens (tertiary/aromatic N) is 1. The first kappa shape index (κ1) is 15.9. The highest BCUT2D eigenvalue weighted by atomic mass is 19.1. The highest BCUT2D eigenvalue weighted by Crippen LogP contribution is 2.40. The number of carboxylic acids is 1. The molecule has 0 saturated carbocycles. The molecule has 0 aromatic heterocycles. The number of alkyl halides is 1. The zero-order valence-electron chi connectivity index (χ0n) is 13.1. The van der Waals surface area contributed by atoms with Crippen molar-refractivity contribution in [3.05, 3.63) is 29.8 Å². The third kappa shape index (κ3) is 2.83. The Morgan fingerprint density at radius 3 is 3.04 bits per heavy atom. The first-order chi connectivity index (χ1) is 10.9. The number of hydrogen-bond acceptors (Lipinski definition) is 3. The Balaban J connectivity index is 1.85. The van der Waals surface area contributed by atoms with E-state index in [9.17, 15) is 9.59 Å². The molecular formula is C17H21FN2O3. The summed E-state index contributed by atoms with van der Waals surface area (Å²) in [6.07, 6.45) is 0.235. The van der Waals surface area contributed by atoms with Crippen LogP contribution in [0.4, 0.5) is 10.1 Å². The van der Waals surface area contributed by atoms with Crippen molar-refractivity contribution in [3.63, 3.8) is 0 Å². The van der Waals surface area contributed by atoms with E-state index in [1.165, 1.54) is 4.90 Å².